The first-order valence-corrected chi connectivity index (χ1v) is 8.11. The maximum Gasteiger partial charge on any atom is 0.269 e. The van der Waals surface area contributed by atoms with Gasteiger partial charge in [-0.25, -0.2) is 4.98 Å². The first-order valence-electron chi connectivity index (χ1n) is 8.11. The molecule has 0 aliphatic carbocycles. The lowest BCUT2D eigenvalue weighted by Gasteiger charge is -2.14. The van der Waals surface area contributed by atoms with Crippen molar-refractivity contribution in [2.75, 3.05) is 11.9 Å². The summed E-state index contributed by atoms with van der Waals surface area (Å²) >= 11 is 0. The van der Waals surface area contributed by atoms with Gasteiger partial charge in [0.1, 0.15) is 5.69 Å². The van der Waals surface area contributed by atoms with Gasteiger partial charge >= 0.3 is 0 Å². The van der Waals surface area contributed by atoms with Gasteiger partial charge in [-0.3, -0.25) is 4.79 Å². The summed E-state index contributed by atoms with van der Waals surface area (Å²) in [6, 6.07) is 9.92. The quantitative estimate of drug-likeness (QED) is 0.845. The summed E-state index contributed by atoms with van der Waals surface area (Å²) in [5, 5.41) is 6.29. The van der Waals surface area contributed by atoms with Gasteiger partial charge in [0.15, 0.2) is 0 Å². The van der Waals surface area contributed by atoms with Crippen LogP contribution in [0.15, 0.2) is 36.5 Å². The van der Waals surface area contributed by atoms with Gasteiger partial charge in [0.25, 0.3) is 5.91 Å². The van der Waals surface area contributed by atoms with Crippen molar-refractivity contribution in [2.45, 2.75) is 34.1 Å². The predicted molar refractivity (Wildman–Crippen MR) is 95.2 cm³/mol. The standard InChI is InChI=1S/C19H25N3O/c1-5-15-8-6-7-14(4)18(15)22-16-9-10-17(20-12-16)19(23)21-11-13(2)3/h6-10,12-13,22H,5,11H2,1-4H3,(H,21,23). The number of nitrogens with zero attached hydrogens (tertiary/aromatic N) is 1. The fraction of sp³-hybridized carbons (Fsp3) is 0.368. The summed E-state index contributed by atoms with van der Waals surface area (Å²) in [6.07, 6.45) is 2.67. The zero-order valence-electron chi connectivity index (χ0n) is 14.3. The molecule has 2 rings (SSSR count). The molecule has 1 amide bonds. The third-order valence-corrected chi connectivity index (χ3v) is 3.68. The monoisotopic (exact) mass is 311 g/mol. The SMILES string of the molecule is CCc1cccc(C)c1Nc1ccc(C(=O)NCC(C)C)nc1. The second kappa shape index (κ2) is 7.77. The number of carbonyl (C=O) groups is 1. The third-order valence-electron chi connectivity index (χ3n) is 3.68. The van der Waals surface area contributed by atoms with E-state index in [1.165, 1.54) is 11.1 Å². The number of carbonyl (C=O) groups excluding carboxylic acids is 1. The van der Waals surface area contributed by atoms with Gasteiger partial charge in [-0.15, -0.1) is 0 Å². The van der Waals surface area contributed by atoms with Crippen LogP contribution in [0.2, 0.25) is 0 Å². The van der Waals surface area contributed by atoms with Gasteiger partial charge in [0, 0.05) is 12.2 Å². The average molecular weight is 311 g/mol. The molecule has 0 atom stereocenters. The largest absolute Gasteiger partial charge is 0.354 e. The van der Waals surface area contributed by atoms with Crippen LogP contribution in [0.4, 0.5) is 11.4 Å². The third kappa shape index (κ3) is 4.55. The van der Waals surface area contributed by atoms with E-state index in [1.807, 2.05) is 6.07 Å². The number of aryl methyl sites for hydroxylation is 2. The number of benzene rings is 1. The van der Waals surface area contributed by atoms with E-state index in [9.17, 15) is 4.79 Å². The van der Waals surface area contributed by atoms with Crippen LogP contribution in [0, 0.1) is 12.8 Å². The van der Waals surface area contributed by atoms with Gasteiger partial charge in [-0.1, -0.05) is 39.0 Å². The number of hydrogen-bond acceptors (Lipinski definition) is 3. The molecular weight excluding hydrogens is 286 g/mol. The molecule has 0 radical (unpaired) electrons. The molecule has 0 bridgehead atoms. The van der Waals surface area contributed by atoms with E-state index < -0.39 is 0 Å². The summed E-state index contributed by atoms with van der Waals surface area (Å²) in [7, 11) is 0. The Morgan fingerprint density at radius 3 is 2.61 bits per heavy atom. The highest BCUT2D eigenvalue weighted by Crippen LogP contribution is 2.25. The van der Waals surface area contributed by atoms with Gasteiger partial charge in [0.05, 0.1) is 11.9 Å². The molecule has 2 N–H and O–H groups in total. The Labute approximate surface area is 138 Å². The molecule has 122 valence electrons. The summed E-state index contributed by atoms with van der Waals surface area (Å²) in [5.41, 5.74) is 4.91. The summed E-state index contributed by atoms with van der Waals surface area (Å²) in [6.45, 7) is 9.01. The van der Waals surface area contributed by atoms with Crippen molar-refractivity contribution in [1.82, 2.24) is 10.3 Å². The maximum absolute atomic E-state index is 12.0. The summed E-state index contributed by atoms with van der Waals surface area (Å²) < 4.78 is 0. The highest BCUT2D eigenvalue weighted by molar-refractivity contribution is 5.92. The van der Waals surface area contributed by atoms with E-state index in [1.54, 1.807) is 12.3 Å². The van der Waals surface area contributed by atoms with Crippen LogP contribution in [-0.2, 0) is 6.42 Å². The molecule has 4 heteroatoms. The number of hydrogen-bond donors (Lipinski definition) is 2. The predicted octanol–water partition coefficient (Wildman–Crippen LogP) is 4.08. The van der Waals surface area contributed by atoms with Crippen LogP contribution in [0.1, 0.15) is 42.4 Å². The second-order valence-corrected chi connectivity index (χ2v) is 6.12. The first-order chi connectivity index (χ1) is 11.0. The van der Waals surface area contributed by atoms with Crippen molar-refractivity contribution in [1.29, 1.82) is 0 Å². The van der Waals surface area contributed by atoms with Gasteiger partial charge in [-0.05, 0) is 42.5 Å². The van der Waals surface area contributed by atoms with Crippen LogP contribution in [0.5, 0.6) is 0 Å². The molecule has 0 saturated carbocycles. The molecule has 1 aromatic carbocycles. The van der Waals surface area contributed by atoms with Crippen molar-refractivity contribution in [3.05, 3.63) is 53.3 Å². The van der Waals surface area contributed by atoms with Crippen molar-refractivity contribution in [3.63, 3.8) is 0 Å². The molecule has 0 saturated heterocycles. The van der Waals surface area contributed by atoms with Crippen LogP contribution in [0.3, 0.4) is 0 Å². The van der Waals surface area contributed by atoms with Gasteiger partial charge < -0.3 is 10.6 Å². The summed E-state index contributed by atoms with van der Waals surface area (Å²) in [5.74, 6) is 0.295. The molecule has 1 heterocycles. The molecule has 0 aliphatic rings. The summed E-state index contributed by atoms with van der Waals surface area (Å²) in [4.78, 5) is 16.2. The van der Waals surface area contributed by atoms with Crippen molar-refractivity contribution >= 4 is 17.3 Å². The molecule has 0 aliphatic heterocycles. The Morgan fingerprint density at radius 1 is 1.22 bits per heavy atom. The highest BCUT2D eigenvalue weighted by atomic mass is 16.1. The highest BCUT2D eigenvalue weighted by Gasteiger charge is 2.09. The second-order valence-electron chi connectivity index (χ2n) is 6.12. The van der Waals surface area contributed by atoms with Crippen LogP contribution in [-0.4, -0.2) is 17.4 Å². The van der Waals surface area contributed by atoms with Crippen molar-refractivity contribution < 1.29 is 4.79 Å². The number of amides is 1. The minimum atomic E-state index is -0.129. The molecule has 4 nitrogen and oxygen atoms in total. The smallest absolute Gasteiger partial charge is 0.269 e. The molecule has 0 spiro atoms. The number of anilines is 2. The first kappa shape index (κ1) is 17.0. The molecule has 0 unspecified atom stereocenters. The number of aromatic nitrogens is 1. The lowest BCUT2D eigenvalue weighted by molar-refractivity contribution is 0.0944. The Balaban J connectivity index is 2.10. The molecule has 23 heavy (non-hydrogen) atoms. The normalized spacial score (nSPS) is 10.7. The van der Waals surface area contributed by atoms with Gasteiger partial charge in [-0.2, -0.15) is 0 Å². The Bertz CT molecular complexity index is 663. The minimum Gasteiger partial charge on any atom is -0.354 e. The fourth-order valence-corrected chi connectivity index (χ4v) is 2.34. The average Bonchev–Trinajstić information content (AvgIpc) is 2.55. The number of rotatable bonds is 6. The zero-order chi connectivity index (χ0) is 16.8. The van der Waals surface area contributed by atoms with E-state index in [2.05, 4.69) is 61.5 Å². The van der Waals surface area contributed by atoms with Gasteiger partial charge in [0.2, 0.25) is 0 Å². The number of nitrogens with one attached hydrogen (secondary N) is 2. The van der Waals surface area contributed by atoms with E-state index in [4.69, 9.17) is 0 Å². The molecule has 2 aromatic rings. The van der Waals surface area contributed by atoms with Crippen molar-refractivity contribution in [3.8, 4) is 0 Å². The van der Waals surface area contributed by atoms with Crippen LogP contribution in [0.25, 0.3) is 0 Å². The molecule has 1 aromatic heterocycles. The molecular formula is C19H25N3O. The lowest BCUT2D eigenvalue weighted by atomic mass is 10.1. The molecule has 0 fully saturated rings. The van der Waals surface area contributed by atoms with E-state index in [0.717, 1.165) is 17.8 Å². The topological polar surface area (TPSA) is 54.0 Å². The lowest BCUT2D eigenvalue weighted by Crippen LogP contribution is -2.27. The Kier molecular flexibility index (Phi) is 5.74. The Morgan fingerprint density at radius 2 is 2.00 bits per heavy atom. The van der Waals surface area contributed by atoms with Crippen LogP contribution >= 0.6 is 0 Å². The van der Waals surface area contributed by atoms with Crippen molar-refractivity contribution in [2.24, 2.45) is 5.92 Å². The maximum atomic E-state index is 12.0. The number of para-hydroxylation sites is 1. The number of pyridine rings is 1. The Hall–Kier alpha value is -2.36. The zero-order valence-corrected chi connectivity index (χ0v) is 14.3. The fourth-order valence-electron chi connectivity index (χ4n) is 2.34. The van der Waals surface area contributed by atoms with E-state index in [-0.39, 0.29) is 5.91 Å². The van der Waals surface area contributed by atoms with E-state index in [0.29, 0.717) is 18.2 Å². The van der Waals surface area contributed by atoms with Crippen LogP contribution < -0.4 is 10.6 Å². The minimum absolute atomic E-state index is 0.129. The van der Waals surface area contributed by atoms with E-state index >= 15 is 0 Å².